The molecule has 0 saturated heterocycles. The molecule has 7 rings (SSSR count). The Morgan fingerprint density at radius 2 is 1.39 bits per heavy atom. The number of hydrogen-bond acceptors (Lipinski definition) is 4. The summed E-state index contributed by atoms with van der Waals surface area (Å²) in [6.45, 7) is 2.10. The molecule has 0 amide bonds. The maximum absolute atomic E-state index is 6.34. The first-order chi connectivity index (χ1) is 18.8. The Bertz CT molecular complexity index is 1750. The second kappa shape index (κ2) is 9.53. The topological polar surface area (TPSA) is 51.8 Å². The number of benzene rings is 3. The first-order valence-electron chi connectivity index (χ1n) is 13.6. The van der Waals surface area contributed by atoms with Gasteiger partial charge in [-0.1, -0.05) is 86.0 Å². The molecule has 0 N–H and O–H groups in total. The van der Waals surface area contributed by atoms with Crippen molar-refractivity contribution < 1.29 is 4.42 Å². The predicted octanol–water partition coefficient (Wildman–Crippen LogP) is 9.13. The quantitative estimate of drug-likeness (QED) is 0.245. The van der Waals surface area contributed by atoms with Crippen LogP contribution < -0.4 is 0 Å². The Hall–Kier alpha value is -4.31. The van der Waals surface area contributed by atoms with Gasteiger partial charge in [-0.3, -0.25) is 4.98 Å². The summed E-state index contributed by atoms with van der Waals surface area (Å²) in [7, 11) is 0. The number of pyridine rings is 1. The van der Waals surface area contributed by atoms with E-state index in [-0.39, 0.29) is 0 Å². The van der Waals surface area contributed by atoms with Gasteiger partial charge in [0, 0.05) is 28.3 Å². The van der Waals surface area contributed by atoms with Crippen molar-refractivity contribution in [2.75, 3.05) is 0 Å². The van der Waals surface area contributed by atoms with Gasteiger partial charge >= 0.3 is 0 Å². The second-order valence-corrected chi connectivity index (χ2v) is 10.3. The fourth-order valence-corrected chi connectivity index (χ4v) is 5.95. The van der Waals surface area contributed by atoms with Crippen LogP contribution in [0.2, 0.25) is 0 Å². The first-order valence-corrected chi connectivity index (χ1v) is 13.6. The van der Waals surface area contributed by atoms with Crippen molar-refractivity contribution in [2.45, 2.75) is 44.9 Å². The highest BCUT2D eigenvalue weighted by molar-refractivity contribution is 6.11. The summed E-state index contributed by atoms with van der Waals surface area (Å²) in [4.78, 5) is 15.1. The van der Waals surface area contributed by atoms with Gasteiger partial charge < -0.3 is 4.42 Å². The van der Waals surface area contributed by atoms with Crippen LogP contribution in [0.3, 0.4) is 0 Å². The lowest BCUT2D eigenvalue weighted by Gasteiger charge is -2.21. The molecule has 0 bridgehead atoms. The summed E-state index contributed by atoms with van der Waals surface area (Å²) in [5.74, 6) is 1.31. The highest BCUT2D eigenvalue weighted by Gasteiger charge is 2.22. The molecule has 0 spiro atoms. The Labute approximate surface area is 222 Å². The molecule has 4 heteroatoms. The van der Waals surface area contributed by atoms with E-state index in [1.165, 1.54) is 37.7 Å². The molecular weight excluding hydrogens is 466 g/mol. The van der Waals surface area contributed by atoms with Crippen molar-refractivity contribution in [1.29, 1.82) is 0 Å². The average Bonchev–Trinajstić information content (AvgIpc) is 3.37. The van der Waals surface area contributed by atoms with E-state index in [9.17, 15) is 0 Å². The second-order valence-electron chi connectivity index (χ2n) is 10.3. The monoisotopic (exact) mass is 495 g/mol. The molecule has 38 heavy (non-hydrogen) atoms. The van der Waals surface area contributed by atoms with Crippen molar-refractivity contribution in [2.24, 2.45) is 0 Å². The zero-order valence-electron chi connectivity index (χ0n) is 21.5. The van der Waals surface area contributed by atoms with Crippen LogP contribution >= 0.6 is 0 Å². The van der Waals surface area contributed by atoms with E-state index in [1.807, 2.05) is 48.7 Å². The van der Waals surface area contributed by atoms with Gasteiger partial charge in [-0.05, 0) is 49.4 Å². The maximum atomic E-state index is 6.34. The van der Waals surface area contributed by atoms with E-state index >= 15 is 0 Å². The van der Waals surface area contributed by atoms with E-state index in [1.54, 1.807) is 0 Å². The van der Waals surface area contributed by atoms with Gasteiger partial charge in [-0.15, -0.1) is 0 Å². The molecule has 0 unspecified atom stereocenters. The Kier molecular flexibility index (Phi) is 5.73. The molecular formula is C34H29N3O. The minimum absolute atomic E-state index is 0.619. The lowest BCUT2D eigenvalue weighted by Crippen LogP contribution is -2.04. The Morgan fingerprint density at radius 1 is 0.684 bits per heavy atom. The van der Waals surface area contributed by atoms with E-state index in [2.05, 4.69) is 49.4 Å². The third kappa shape index (κ3) is 3.97. The zero-order valence-corrected chi connectivity index (χ0v) is 21.5. The van der Waals surface area contributed by atoms with Crippen molar-refractivity contribution in [3.05, 3.63) is 102 Å². The summed E-state index contributed by atoms with van der Waals surface area (Å²) in [5, 5.41) is 2.15. The minimum atomic E-state index is 0.619. The molecule has 1 aliphatic rings. The molecule has 0 atom stereocenters. The van der Waals surface area contributed by atoms with Gasteiger partial charge in [0.2, 0.25) is 0 Å². The summed E-state index contributed by atoms with van der Waals surface area (Å²) in [6, 6.07) is 29.2. The van der Waals surface area contributed by atoms with E-state index in [4.69, 9.17) is 19.4 Å². The summed E-state index contributed by atoms with van der Waals surface area (Å²) >= 11 is 0. The number of aromatic nitrogens is 3. The molecule has 3 aromatic carbocycles. The van der Waals surface area contributed by atoms with Crippen LogP contribution in [0.1, 0.15) is 49.1 Å². The number of hydrogen-bond donors (Lipinski definition) is 0. The standard InChI is InChI=1S/C34H29N3O/c1-22-31(24-13-7-3-8-14-24)36-34(25-15-9-4-10-16-25)37-32(22)33-30-27-21-26(23-11-5-2-6-12-23)17-18-28(27)38-29(30)19-20-35-33/h3-4,7-10,13-21,23H,2,5-6,11-12H2,1H3. The molecule has 0 aliphatic heterocycles. The van der Waals surface area contributed by atoms with Crippen LogP contribution in [0.25, 0.3) is 56.0 Å². The Balaban J connectivity index is 1.49. The van der Waals surface area contributed by atoms with Crippen LogP contribution in [0.4, 0.5) is 0 Å². The fraction of sp³-hybridized carbons (Fsp3) is 0.206. The maximum Gasteiger partial charge on any atom is 0.160 e. The van der Waals surface area contributed by atoms with Crippen LogP contribution in [0, 0.1) is 6.92 Å². The summed E-state index contributed by atoms with van der Waals surface area (Å²) in [6.07, 6.45) is 8.32. The zero-order chi connectivity index (χ0) is 25.5. The molecule has 186 valence electrons. The summed E-state index contributed by atoms with van der Waals surface area (Å²) < 4.78 is 6.34. The SMILES string of the molecule is Cc1c(-c2ccccc2)nc(-c2ccccc2)nc1-c1nccc2oc3ccc(C4CCCCC4)cc3c12. The van der Waals surface area contributed by atoms with Crippen molar-refractivity contribution in [1.82, 2.24) is 15.0 Å². The van der Waals surface area contributed by atoms with Gasteiger partial charge in [-0.25, -0.2) is 9.97 Å². The van der Waals surface area contributed by atoms with Gasteiger partial charge in [0.05, 0.1) is 16.8 Å². The number of nitrogens with zero attached hydrogens (tertiary/aromatic N) is 3. The molecule has 1 fully saturated rings. The fourth-order valence-electron chi connectivity index (χ4n) is 5.95. The van der Waals surface area contributed by atoms with Crippen LogP contribution in [-0.2, 0) is 0 Å². The molecule has 3 heterocycles. The predicted molar refractivity (Wildman–Crippen MR) is 154 cm³/mol. The van der Waals surface area contributed by atoms with Crippen LogP contribution in [0.15, 0.2) is 95.5 Å². The normalized spacial score (nSPS) is 14.3. The van der Waals surface area contributed by atoms with Crippen molar-refractivity contribution >= 4 is 21.9 Å². The molecule has 1 aliphatic carbocycles. The first kappa shape index (κ1) is 22.9. The third-order valence-corrected chi connectivity index (χ3v) is 7.93. The molecule has 4 nitrogen and oxygen atoms in total. The van der Waals surface area contributed by atoms with Crippen LogP contribution in [0.5, 0.6) is 0 Å². The van der Waals surface area contributed by atoms with E-state index in [0.29, 0.717) is 11.7 Å². The number of rotatable bonds is 4. The number of furan rings is 1. The third-order valence-electron chi connectivity index (χ3n) is 7.93. The van der Waals surface area contributed by atoms with Crippen molar-refractivity contribution in [3.63, 3.8) is 0 Å². The van der Waals surface area contributed by atoms with Crippen LogP contribution in [-0.4, -0.2) is 15.0 Å². The van der Waals surface area contributed by atoms with E-state index < -0.39 is 0 Å². The lowest BCUT2D eigenvalue weighted by atomic mass is 9.83. The lowest BCUT2D eigenvalue weighted by molar-refractivity contribution is 0.444. The average molecular weight is 496 g/mol. The highest BCUT2D eigenvalue weighted by atomic mass is 16.3. The van der Waals surface area contributed by atoms with Gasteiger partial charge in [-0.2, -0.15) is 0 Å². The smallest absolute Gasteiger partial charge is 0.160 e. The number of fused-ring (bicyclic) bond motifs is 3. The molecule has 6 aromatic rings. The molecule has 0 radical (unpaired) electrons. The van der Waals surface area contributed by atoms with Gasteiger partial charge in [0.1, 0.15) is 16.9 Å². The molecule has 1 saturated carbocycles. The minimum Gasteiger partial charge on any atom is -0.456 e. The van der Waals surface area contributed by atoms with Crippen molar-refractivity contribution in [3.8, 4) is 34.0 Å². The van der Waals surface area contributed by atoms with E-state index in [0.717, 1.165) is 55.7 Å². The molecule has 3 aromatic heterocycles. The highest BCUT2D eigenvalue weighted by Crippen LogP contribution is 2.40. The Morgan fingerprint density at radius 3 is 2.16 bits per heavy atom. The largest absolute Gasteiger partial charge is 0.456 e. The van der Waals surface area contributed by atoms with Gasteiger partial charge in [0.25, 0.3) is 0 Å². The summed E-state index contributed by atoms with van der Waals surface area (Å²) in [5.41, 5.74) is 8.80. The van der Waals surface area contributed by atoms with Gasteiger partial charge in [0.15, 0.2) is 5.82 Å².